The molecule has 2 saturated carbocycles. The van der Waals surface area contributed by atoms with Crippen molar-refractivity contribution in [2.45, 2.75) is 70.9 Å². The van der Waals surface area contributed by atoms with Gasteiger partial charge in [0.05, 0.1) is 6.54 Å². The number of aliphatic hydroxyl groups is 1. The van der Waals surface area contributed by atoms with E-state index >= 15 is 0 Å². The molecule has 0 aromatic heterocycles. The number of hydrogen-bond acceptors (Lipinski definition) is 3. The molecule has 0 saturated heterocycles. The highest BCUT2D eigenvalue weighted by molar-refractivity contribution is 5.78. The van der Waals surface area contributed by atoms with E-state index < -0.39 is 0 Å². The first-order chi connectivity index (χ1) is 10.5. The largest absolute Gasteiger partial charge is 0.396 e. The van der Waals surface area contributed by atoms with Crippen molar-refractivity contribution in [1.29, 1.82) is 0 Å². The van der Waals surface area contributed by atoms with Crippen LogP contribution in [0.5, 0.6) is 0 Å². The van der Waals surface area contributed by atoms with Crippen LogP contribution in [0, 0.1) is 17.8 Å². The summed E-state index contributed by atoms with van der Waals surface area (Å²) >= 11 is 0. The molecular weight excluding hydrogens is 276 g/mol. The Morgan fingerprint density at radius 3 is 2.45 bits per heavy atom. The van der Waals surface area contributed by atoms with Crippen molar-refractivity contribution in [3.63, 3.8) is 0 Å². The molecule has 0 aromatic carbocycles. The lowest BCUT2D eigenvalue weighted by Crippen LogP contribution is -2.48. The van der Waals surface area contributed by atoms with Crippen molar-refractivity contribution in [2.75, 3.05) is 20.2 Å². The van der Waals surface area contributed by atoms with E-state index in [4.69, 9.17) is 0 Å². The SMILES string of the molecule is C[C@H]1[C@H](C)CCC[C@H]1NC(=O)CN(C)C1CCC(CO)CC1. The highest BCUT2D eigenvalue weighted by atomic mass is 16.3. The minimum atomic E-state index is 0.178. The van der Waals surface area contributed by atoms with E-state index in [9.17, 15) is 9.90 Å². The van der Waals surface area contributed by atoms with Crippen LogP contribution in [-0.4, -0.2) is 48.2 Å². The van der Waals surface area contributed by atoms with Gasteiger partial charge in [0.2, 0.25) is 5.91 Å². The second-order valence-corrected chi connectivity index (χ2v) is 7.71. The lowest BCUT2D eigenvalue weighted by Gasteiger charge is -2.36. The Hall–Kier alpha value is -0.610. The van der Waals surface area contributed by atoms with Crippen LogP contribution in [0.1, 0.15) is 58.8 Å². The molecule has 2 rings (SSSR count). The van der Waals surface area contributed by atoms with Gasteiger partial charge in [-0.1, -0.05) is 26.7 Å². The third-order valence-corrected chi connectivity index (χ3v) is 6.14. The predicted octanol–water partition coefficient (Wildman–Crippen LogP) is 2.41. The topological polar surface area (TPSA) is 52.6 Å². The molecule has 3 atom stereocenters. The van der Waals surface area contributed by atoms with Gasteiger partial charge in [0.25, 0.3) is 0 Å². The molecule has 2 aliphatic rings. The van der Waals surface area contributed by atoms with Crippen LogP contribution in [0.4, 0.5) is 0 Å². The maximum Gasteiger partial charge on any atom is 0.234 e. The first kappa shape index (κ1) is 17.7. The Bertz CT molecular complexity index is 353. The lowest BCUT2D eigenvalue weighted by molar-refractivity contribution is -0.124. The van der Waals surface area contributed by atoms with E-state index in [-0.39, 0.29) is 5.91 Å². The minimum Gasteiger partial charge on any atom is -0.396 e. The van der Waals surface area contributed by atoms with Crippen LogP contribution in [-0.2, 0) is 4.79 Å². The maximum absolute atomic E-state index is 12.3. The highest BCUT2D eigenvalue weighted by Gasteiger charge is 2.29. The number of hydrogen-bond donors (Lipinski definition) is 2. The summed E-state index contributed by atoms with van der Waals surface area (Å²) in [7, 11) is 2.07. The molecule has 0 bridgehead atoms. The smallest absolute Gasteiger partial charge is 0.234 e. The molecule has 0 unspecified atom stereocenters. The summed E-state index contributed by atoms with van der Waals surface area (Å²) in [5.41, 5.74) is 0. The molecule has 128 valence electrons. The zero-order chi connectivity index (χ0) is 16.1. The van der Waals surface area contributed by atoms with E-state index in [0.717, 1.165) is 32.1 Å². The zero-order valence-corrected chi connectivity index (χ0v) is 14.6. The van der Waals surface area contributed by atoms with Crippen molar-refractivity contribution >= 4 is 5.91 Å². The van der Waals surface area contributed by atoms with Crippen molar-refractivity contribution in [3.05, 3.63) is 0 Å². The van der Waals surface area contributed by atoms with Crippen LogP contribution in [0.15, 0.2) is 0 Å². The molecule has 1 amide bonds. The van der Waals surface area contributed by atoms with E-state index in [0.29, 0.717) is 43.0 Å². The van der Waals surface area contributed by atoms with E-state index in [1.165, 1.54) is 12.8 Å². The number of likely N-dealkylation sites (N-methyl/N-ethyl adjacent to an activating group) is 1. The average Bonchev–Trinajstić information content (AvgIpc) is 2.52. The summed E-state index contributed by atoms with van der Waals surface area (Å²) in [6, 6.07) is 0.853. The van der Waals surface area contributed by atoms with E-state index in [2.05, 4.69) is 31.1 Å². The molecule has 22 heavy (non-hydrogen) atoms. The van der Waals surface area contributed by atoms with Gasteiger partial charge in [-0.2, -0.15) is 0 Å². The predicted molar refractivity (Wildman–Crippen MR) is 89.6 cm³/mol. The van der Waals surface area contributed by atoms with E-state index in [1.54, 1.807) is 0 Å². The van der Waals surface area contributed by atoms with Gasteiger partial charge in [-0.3, -0.25) is 9.69 Å². The van der Waals surface area contributed by atoms with Gasteiger partial charge in [-0.15, -0.1) is 0 Å². The molecule has 0 aromatic rings. The van der Waals surface area contributed by atoms with Crippen LogP contribution < -0.4 is 5.32 Å². The number of aliphatic hydroxyl groups excluding tert-OH is 1. The van der Waals surface area contributed by atoms with Crippen LogP contribution in [0.25, 0.3) is 0 Å². The summed E-state index contributed by atoms with van der Waals surface area (Å²) in [5, 5.41) is 12.5. The molecule has 0 heterocycles. The third kappa shape index (κ3) is 4.69. The summed E-state index contributed by atoms with van der Waals surface area (Å²) < 4.78 is 0. The van der Waals surface area contributed by atoms with Crippen molar-refractivity contribution in [2.24, 2.45) is 17.8 Å². The van der Waals surface area contributed by atoms with Gasteiger partial charge >= 0.3 is 0 Å². The quantitative estimate of drug-likeness (QED) is 0.820. The van der Waals surface area contributed by atoms with Gasteiger partial charge in [0, 0.05) is 18.7 Å². The fraction of sp³-hybridized carbons (Fsp3) is 0.944. The Balaban J connectivity index is 1.74. The van der Waals surface area contributed by atoms with Gasteiger partial charge in [0.15, 0.2) is 0 Å². The Morgan fingerprint density at radius 2 is 1.82 bits per heavy atom. The van der Waals surface area contributed by atoms with Gasteiger partial charge in [-0.25, -0.2) is 0 Å². The molecule has 4 nitrogen and oxygen atoms in total. The molecule has 0 radical (unpaired) electrons. The van der Waals surface area contributed by atoms with Crippen molar-refractivity contribution in [3.8, 4) is 0 Å². The van der Waals surface area contributed by atoms with Gasteiger partial charge in [-0.05, 0) is 56.9 Å². The van der Waals surface area contributed by atoms with E-state index in [1.807, 2.05) is 0 Å². The normalized spacial score (nSPS) is 36.3. The van der Waals surface area contributed by atoms with Crippen LogP contribution in [0.3, 0.4) is 0 Å². The fourth-order valence-electron chi connectivity index (χ4n) is 4.16. The van der Waals surface area contributed by atoms with Gasteiger partial charge < -0.3 is 10.4 Å². The number of carbonyl (C=O) groups excluding carboxylic acids is 1. The van der Waals surface area contributed by atoms with Gasteiger partial charge in [0.1, 0.15) is 0 Å². The number of nitrogens with one attached hydrogen (secondary N) is 1. The Kier molecular flexibility index (Phi) is 6.69. The first-order valence-corrected chi connectivity index (χ1v) is 9.11. The minimum absolute atomic E-state index is 0.178. The van der Waals surface area contributed by atoms with Crippen molar-refractivity contribution < 1.29 is 9.90 Å². The Labute approximate surface area is 135 Å². The number of rotatable bonds is 5. The first-order valence-electron chi connectivity index (χ1n) is 9.11. The molecule has 0 aliphatic heterocycles. The second-order valence-electron chi connectivity index (χ2n) is 7.71. The molecular formula is C18H34N2O2. The number of nitrogens with zero attached hydrogens (tertiary/aromatic N) is 1. The summed E-state index contributed by atoms with van der Waals surface area (Å²) in [4.78, 5) is 14.6. The zero-order valence-electron chi connectivity index (χ0n) is 14.6. The molecule has 4 heteroatoms. The number of amides is 1. The molecule has 2 aliphatic carbocycles. The molecule has 0 spiro atoms. The summed E-state index contributed by atoms with van der Waals surface area (Å²) in [6.07, 6.45) is 8.04. The maximum atomic E-state index is 12.3. The fourth-order valence-corrected chi connectivity index (χ4v) is 4.16. The summed E-state index contributed by atoms with van der Waals surface area (Å²) in [5.74, 6) is 1.95. The second kappa shape index (κ2) is 8.30. The number of carbonyl (C=O) groups is 1. The average molecular weight is 310 g/mol. The highest BCUT2D eigenvalue weighted by Crippen LogP contribution is 2.29. The lowest BCUT2D eigenvalue weighted by atomic mass is 9.78. The standard InChI is InChI=1S/C18H34N2O2/c1-13-5-4-6-17(14(13)2)19-18(22)11-20(3)16-9-7-15(12-21)8-10-16/h13-17,21H,4-12H2,1-3H3,(H,19,22)/t13-,14+,15?,16?,17-/m1/s1. The van der Waals surface area contributed by atoms with Crippen molar-refractivity contribution in [1.82, 2.24) is 10.2 Å². The third-order valence-electron chi connectivity index (χ3n) is 6.14. The molecule has 2 fully saturated rings. The molecule has 2 N–H and O–H groups in total. The summed E-state index contributed by atoms with van der Waals surface area (Å²) in [6.45, 7) is 5.39. The van der Waals surface area contributed by atoms with Crippen LogP contribution in [0.2, 0.25) is 0 Å². The monoisotopic (exact) mass is 310 g/mol. The van der Waals surface area contributed by atoms with Crippen LogP contribution >= 0.6 is 0 Å². The Morgan fingerprint density at radius 1 is 1.14 bits per heavy atom.